The van der Waals surface area contributed by atoms with E-state index in [1.165, 1.54) is 5.56 Å². The zero-order valence-electron chi connectivity index (χ0n) is 12.9. The number of rotatable bonds is 4. The van der Waals surface area contributed by atoms with Gasteiger partial charge in [0.2, 0.25) is 5.91 Å². The molecule has 0 N–H and O–H groups in total. The molecule has 1 aromatic carbocycles. The summed E-state index contributed by atoms with van der Waals surface area (Å²) in [6.07, 6.45) is 1.99. The first-order chi connectivity index (χ1) is 9.58. The van der Waals surface area contributed by atoms with Gasteiger partial charge in [0.15, 0.2) is 0 Å². The topological polar surface area (TPSA) is 23.6 Å². The summed E-state index contributed by atoms with van der Waals surface area (Å²) < 4.78 is 0. The van der Waals surface area contributed by atoms with Gasteiger partial charge in [0, 0.05) is 18.5 Å². The van der Waals surface area contributed by atoms with E-state index in [2.05, 4.69) is 37.9 Å². The molecule has 1 aliphatic heterocycles. The molecule has 1 amide bonds. The Morgan fingerprint density at radius 1 is 1.25 bits per heavy atom. The first-order valence-corrected chi connectivity index (χ1v) is 7.61. The van der Waals surface area contributed by atoms with Crippen molar-refractivity contribution in [2.45, 2.75) is 39.3 Å². The number of likely N-dealkylation sites (tertiary alicyclic amines) is 1. The average Bonchev–Trinajstić information content (AvgIpc) is 2.45. The number of hydrogen-bond donors (Lipinski definition) is 0. The molecule has 0 spiro atoms. The number of piperidine rings is 1. The molecule has 3 heteroatoms. The summed E-state index contributed by atoms with van der Waals surface area (Å²) >= 11 is 0. The Labute approximate surface area is 122 Å². The lowest BCUT2D eigenvalue weighted by atomic mass is 9.95. The van der Waals surface area contributed by atoms with Crippen LogP contribution < -0.4 is 0 Å². The number of carbonyl (C=O) groups excluding carboxylic acids is 1. The van der Waals surface area contributed by atoms with Crippen molar-refractivity contribution >= 4 is 5.91 Å². The molecule has 1 heterocycles. The van der Waals surface area contributed by atoms with Gasteiger partial charge in [0.1, 0.15) is 0 Å². The summed E-state index contributed by atoms with van der Waals surface area (Å²) in [6, 6.07) is 10.5. The lowest BCUT2D eigenvalue weighted by molar-refractivity contribution is -0.139. The zero-order chi connectivity index (χ0) is 14.5. The second-order valence-electron chi connectivity index (χ2n) is 6.12. The fraction of sp³-hybridized carbons (Fsp3) is 0.588. The highest BCUT2D eigenvalue weighted by Crippen LogP contribution is 2.21. The van der Waals surface area contributed by atoms with Crippen LogP contribution in [0.15, 0.2) is 30.3 Å². The molecular formula is C17H26N2O. The van der Waals surface area contributed by atoms with Crippen molar-refractivity contribution in [1.29, 1.82) is 0 Å². The van der Waals surface area contributed by atoms with Gasteiger partial charge in [-0.25, -0.2) is 0 Å². The monoisotopic (exact) mass is 274 g/mol. The second kappa shape index (κ2) is 6.89. The summed E-state index contributed by atoms with van der Waals surface area (Å²) in [5.74, 6) is 0.536. The van der Waals surface area contributed by atoms with E-state index in [-0.39, 0.29) is 12.0 Å². The van der Waals surface area contributed by atoms with E-state index in [0.29, 0.717) is 5.91 Å². The van der Waals surface area contributed by atoms with Gasteiger partial charge >= 0.3 is 0 Å². The molecule has 1 aromatic rings. The Morgan fingerprint density at radius 2 is 1.85 bits per heavy atom. The van der Waals surface area contributed by atoms with E-state index in [0.717, 1.165) is 32.5 Å². The molecule has 2 rings (SSSR count). The van der Waals surface area contributed by atoms with Gasteiger partial charge in [-0.1, -0.05) is 30.3 Å². The molecule has 0 aromatic heterocycles. The van der Waals surface area contributed by atoms with Crippen LogP contribution in [-0.4, -0.2) is 41.9 Å². The molecule has 20 heavy (non-hydrogen) atoms. The van der Waals surface area contributed by atoms with E-state index in [9.17, 15) is 4.79 Å². The van der Waals surface area contributed by atoms with Crippen LogP contribution in [0.3, 0.4) is 0 Å². The van der Waals surface area contributed by atoms with Crippen molar-refractivity contribution in [3.8, 4) is 0 Å². The van der Waals surface area contributed by atoms with Crippen LogP contribution in [0.25, 0.3) is 0 Å². The number of hydrogen-bond acceptors (Lipinski definition) is 2. The first-order valence-electron chi connectivity index (χ1n) is 7.61. The minimum absolute atomic E-state index is 0.206. The van der Waals surface area contributed by atoms with Crippen LogP contribution in [0.5, 0.6) is 0 Å². The molecule has 0 aliphatic carbocycles. The van der Waals surface area contributed by atoms with Crippen molar-refractivity contribution in [3.63, 3.8) is 0 Å². The third kappa shape index (κ3) is 3.83. The smallest absolute Gasteiger partial charge is 0.226 e. The quantitative estimate of drug-likeness (QED) is 0.843. The number of amides is 1. The van der Waals surface area contributed by atoms with Gasteiger partial charge in [-0.2, -0.15) is 0 Å². The van der Waals surface area contributed by atoms with Gasteiger partial charge in [-0.15, -0.1) is 0 Å². The number of nitrogens with zero attached hydrogens (tertiary/aromatic N) is 2. The Kier molecular flexibility index (Phi) is 5.18. The van der Waals surface area contributed by atoms with E-state index < -0.39 is 0 Å². The third-order valence-corrected chi connectivity index (χ3v) is 4.17. The molecule has 0 atom stereocenters. The van der Waals surface area contributed by atoms with Gasteiger partial charge in [-0.3, -0.25) is 4.79 Å². The fourth-order valence-corrected chi connectivity index (χ4v) is 2.79. The third-order valence-electron chi connectivity index (χ3n) is 4.17. The molecule has 0 unspecified atom stereocenters. The van der Waals surface area contributed by atoms with Crippen molar-refractivity contribution in [1.82, 2.24) is 9.80 Å². The summed E-state index contributed by atoms with van der Waals surface area (Å²) in [6.45, 7) is 7.01. The molecule has 0 saturated carbocycles. The predicted octanol–water partition coefficient (Wildman–Crippen LogP) is 2.77. The van der Waals surface area contributed by atoms with Gasteiger partial charge in [0.25, 0.3) is 0 Å². The Morgan fingerprint density at radius 3 is 2.40 bits per heavy atom. The lowest BCUT2D eigenvalue weighted by Crippen LogP contribution is -2.44. The van der Waals surface area contributed by atoms with Crippen LogP contribution in [0.2, 0.25) is 0 Å². The normalized spacial score (nSPS) is 17.4. The van der Waals surface area contributed by atoms with Crippen LogP contribution in [-0.2, 0) is 11.3 Å². The van der Waals surface area contributed by atoms with Crippen LogP contribution in [0, 0.1) is 5.92 Å². The molecule has 0 radical (unpaired) electrons. The predicted molar refractivity (Wildman–Crippen MR) is 82.3 cm³/mol. The number of carbonyl (C=O) groups is 1. The maximum absolute atomic E-state index is 12.8. The van der Waals surface area contributed by atoms with E-state index >= 15 is 0 Å². The van der Waals surface area contributed by atoms with Crippen LogP contribution in [0.4, 0.5) is 0 Å². The largest absolute Gasteiger partial charge is 0.336 e. The Balaban J connectivity index is 2.03. The Bertz CT molecular complexity index is 422. The molecule has 1 fully saturated rings. The minimum Gasteiger partial charge on any atom is -0.336 e. The molecule has 3 nitrogen and oxygen atoms in total. The molecule has 110 valence electrons. The number of benzene rings is 1. The molecule has 1 aliphatic rings. The highest BCUT2D eigenvalue weighted by molar-refractivity contribution is 5.79. The SMILES string of the molecule is CC(C)N(Cc1ccccc1)C(=O)C1CCN(C)CC1. The maximum Gasteiger partial charge on any atom is 0.226 e. The second-order valence-corrected chi connectivity index (χ2v) is 6.12. The Hall–Kier alpha value is -1.35. The van der Waals surface area contributed by atoms with Gasteiger partial charge in [-0.05, 0) is 52.4 Å². The maximum atomic E-state index is 12.8. The summed E-state index contributed by atoms with van der Waals surface area (Å²) in [7, 11) is 2.13. The average molecular weight is 274 g/mol. The highest BCUT2D eigenvalue weighted by Gasteiger charge is 2.28. The highest BCUT2D eigenvalue weighted by atomic mass is 16.2. The summed E-state index contributed by atoms with van der Waals surface area (Å²) in [5.41, 5.74) is 1.21. The van der Waals surface area contributed by atoms with Crippen molar-refractivity contribution in [3.05, 3.63) is 35.9 Å². The van der Waals surface area contributed by atoms with E-state index in [1.54, 1.807) is 0 Å². The molecular weight excluding hydrogens is 248 g/mol. The van der Waals surface area contributed by atoms with Crippen molar-refractivity contribution in [2.75, 3.05) is 20.1 Å². The lowest BCUT2D eigenvalue weighted by Gasteiger charge is -2.34. The van der Waals surface area contributed by atoms with E-state index in [4.69, 9.17) is 0 Å². The van der Waals surface area contributed by atoms with Crippen LogP contribution >= 0.6 is 0 Å². The molecule has 0 bridgehead atoms. The van der Waals surface area contributed by atoms with Crippen LogP contribution in [0.1, 0.15) is 32.3 Å². The summed E-state index contributed by atoms with van der Waals surface area (Å²) in [5, 5.41) is 0. The minimum atomic E-state index is 0.206. The zero-order valence-corrected chi connectivity index (χ0v) is 12.9. The van der Waals surface area contributed by atoms with Gasteiger partial charge < -0.3 is 9.80 Å². The van der Waals surface area contributed by atoms with Crippen molar-refractivity contribution < 1.29 is 4.79 Å². The van der Waals surface area contributed by atoms with Gasteiger partial charge in [0.05, 0.1) is 0 Å². The van der Waals surface area contributed by atoms with E-state index in [1.807, 2.05) is 23.1 Å². The van der Waals surface area contributed by atoms with Crippen molar-refractivity contribution in [2.24, 2.45) is 5.92 Å². The summed E-state index contributed by atoms with van der Waals surface area (Å²) in [4.78, 5) is 17.1. The fourth-order valence-electron chi connectivity index (χ4n) is 2.79. The standard InChI is InChI=1S/C17H26N2O/c1-14(2)19(13-15-7-5-4-6-8-15)17(20)16-9-11-18(3)12-10-16/h4-8,14,16H,9-13H2,1-3H3. The molecule has 1 saturated heterocycles. The first kappa shape index (κ1) is 15.0.